The summed E-state index contributed by atoms with van der Waals surface area (Å²) in [5.41, 5.74) is 22.5. The van der Waals surface area contributed by atoms with Crippen LogP contribution in [0, 0.1) is 22.7 Å². The number of nitrogens with two attached hydrogens (primary N) is 4. The van der Waals surface area contributed by atoms with E-state index in [1.165, 1.54) is 62.4 Å². The highest BCUT2D eigenvalue weighted by Crippen LogP contribution is 2.16. The third kappa shape index (κ3) is 47.7. The van der Waals surface area contributed by atoms with Crippen molar-refractivity contribution in [3.63, 3.8) is 0 Å². The van der Waals surface area contributed by atoms with Crippen molar-refractivity contribution in [3.05, 3.63) is 65.7 Å². The van der Waals surface area contributed by atoms with Gasteiger partial charge in [-0.05, 0) is 80.0 Å². The lowest BCUT2D eigenvalue weighted by Gasteiger charge is -2.28. The number of thiol groups is 2. The van der Waals surface area contributed by atoms with E-state index in [0.29, 0.717) is 0 Å². The largest absolute Gasteiger partial charge is 0.508 e. The van der Waals surface area contributed by atoms with E-state index in [9.17, 15) is 151 Å². The first-order valence-electron chi connectivity index (χ1n) is 43.7. The lowest BCUT2D eigenvalue weighted by atomic mass is 10.0. The Balaban J connectivity index is 2.46. The predicted octanol–water partition coefficient (Wildman–Crippen LogP) is -15.1. The molecule has 0 spiro atoms. The Labute approximate surface area is 817 Å². The fourth-order valence-corrected chi connectivity index (χ4v) is 13.0. The summed E-state index contributed by atoms with van der Waals surface area (Å²) in [7, 11) is 0. The van der Waals surface area contributed by atoms with Crippen LogP contribution in [-0.4, -0.2) is 362 Å². The smallest absolute Gasteiger partial charge is 0.326 e. The summed E-state index contributed by atoms with van der Waals surface area (Å²) in [4.78, 5) is 295. The molecule has 0 bridgehead atoms. The Morgan fingerprint density at radius 2 is 0.638 bits per heavy atom. The van der Waals surface area contributed by atoms with Gasteiger partial charge in [0.25, 0.3) is 0 Å². The van der Waals surface area contributed by atoms with Crippen molar-refractivity contribution in [1.29, 1.82) is 10.8 Å². The van der Waals surface area contributed by atoms with Gasteiger partial charge in [-0.25, -0.2) is 4.79 Å². The van der Waals surface area contributed by atoms with Crippen molar-refractivity contribution in [3.8, 4) is 5.75 Å². The van der Waals surface area contributed by atoms with Crippen LogP contribution in [0.2, 0.25) is 0 Å². The molecule has 16 atom stereocenters. The predicted molar refractivity (Wildman–Crippen MR) is 499 cm³/mol. The number of guanidine groups is 2. The second-order valence-electron chi connectivity index (χ2n) is 32.3. The average molecular weight is 2040 g/mol. The maximum absolute atomic E-state index is 14.6. The first kappa shape index (κ1) is 123. The van der Waals surface area contributed by atoms with Crippen LogP contribution in [-0.2, 0) is 118 Å². The number of rotatable bonds is 67. The van der Waals surface area contributed by atoms with Gasteiger partial charge in [-0.3, -0.25) is 112 Å². The van der Waals surface area contributed by atoms with E-state index in [4.69, 9.17) is 33.8 Å². The summed E-state index contributed by atoms with van der Waals surface area (Å²) >= 11 is 8.05. The molecule has 2 aromatic carbocycles. The highest BCUT2D eigenvalue weighted by molar-refractivity contribution is 7.80. The standard InChI is InChI=1S/C82H128N26O31S2/c1-38(2)24-48(75(133)108-64(39(3)4)80(138)139)94-59(116)28-92-67(125)52(31-109)104-78(136)56(35-113)107-79(137)55(34-112)106-71(129)47(19-21-63(121)122)100-72(130)49(25-40-10-6-5-7-11-40)102-77(135)54(33-111)105-70(128)46(18-20-62(119)120)99-69(127)45(13-9-23-90-82(87)88)98-74(132)51(27-58(84)115)103-73(131)50(26-41-14-16-42(114)17-15-41)101-76(134)53(32-110)95-60(117)29-93-68(126)57(37-141)96-61(118)30-91-66(124)44(12-8-22-89-81(85)86)97-65(123)43(83)36-140/h5-7,10-11,14-17,38-39,43-57,64,109-114,140-141H,8-9,12-13,18-37,83H2,1-4H3,(H2,84,115)(H,91,124)(H,92,125)(H,93,126)(H,94,116)(H,95,117)(H,96,118)(H,97,123)(H,98,132)(H,99,127)(H,100,130)(H,101,134)(H,102,135)(H,103,131)(H,104,136)(H,105,128)(H,106,129)(H,107,137)(H,108,133)(H,119,120)(H,121,122)(H,138,139)(H4,85,86,89)(H4,87,88,90)/t43-,44-,45-,46-,47-,48-,49-,50-,51-,52-,53-,54-,55-,56-,57-,64-/m0/s1. The molecule has 0 saturated heterocycles. The molecule has 0 aliphatic carbocycles. The summed E-state index contributed by atoms with van der Waals surface area (Å²) < 4.78 is 0. The molecule has 19 amide bonds. The summed E-state index contributed by atoms with van der Waals surface area (Å²) in [5, 5.41) is 151. The number of carbonyl (C=O) groups excluding carboxylic acids is 19. The molecule has 0 unspecified atom stereocenters. The number of phenols is 1. The van der Waals surface area contributed by atoms with E-state index < -0.39 is 348 Å². The monoisotopic (exact) mass is 2040 g/mol. The maximum atomic E-state index is 14.6. The second-order valence-corrected chi connectivity index (χ2v) is 33.1. The lowest BCUT2D eigenvalue weighted by Crippen LogP contribution is -2.62. The molecule has 0 fully saturated rings. The molecule has 2 rings (SSSR count). The van der Waals surface area contributed by atoms with Gasteiger partial charge < -0.3 is 175 Å². The number of aliphatic hydroxyl groups is 5. The number of nitrogens with one attached hydrogen (secondary N) is 22. The number of aromatic hydroxyl groups is 1. The van der Waals surface area contributed by atoms with Crippen molar-refractivity contribution in [1.82, 2.24) is 106 Å². The molecule has 59 heteroatoms. The van der Waals surface area contributed by atoms with Crippen molar-refractivity contribution >= 4 is 167 Å². The summed E-state index contributed by atoms with van der Waals surface area (Å²) in [5.74, 6) is -30.0. The SMILES string of the molecule is CC(C)C[C@H](NC(=O)CNC(=O)[C@H](CO)NC(=O)[C@H](CO)NC(=O)[C@H](CO)NC(=O)[C@H](CCC(=O)O)NC(=O)[C@H](Cc1ccccc1)NC(=O)[C@H](CO)NC(=O)[C@H](CCC(=O)O)NC(=O)[C@H](CCCNC(=N)N)NC(=O)[C@H](CC(N)=O)NC(=O)[C@H](Cc1ccc(O)cc1)NC(=O)[C@H](CO)NC(=O)CNC(=O)[C@H](CS)NC(=O)CNC(=O)[C@H](CCCNC(=N)N)NC(=O)[C@@H](N)CS)C(=O)N[C@H](C(=O)O)C(C)C. The summed E-state index contributed by atoms with van der Waals surface area (Å²) in [6, 6.07) is -16.3. The number of carbonyl (C=O) groups is 22. The number of hydrogen-bond acceptors (Lipinski definition) is 33. The Kier molecular flexibility index (Phi) is 56.3. The van der Waals surface area contributed by atoms with Crippen LogP contribution in [0.5, 0.6) is 5.75 Å². The molecule has 39 N–H and O–H groups in total. The number of primary amides is 1. The number of amides is 19. The zero-order valence-electron chi connectivity index (χ0n) is 77.3. The first-order chi connectivity index (χ1) is 66.4. The van der Waals surface area contributed by atoms with Crippen molar-refractivity contribution in [2.75, 3.05) is 77.3 Å². The number of benzene rings is 2. The van der Waals surface area contributed by atoms with Gasteiger partial charge in [-0.1, -0.05) is 70.2 Å². The molecule has 0 aliphatic rings. The number of phenolic OH excluding ortho intramolecular Hbond substituents is 1. The van der Waals surface area contributed by atoms with Gasteiger partial charge in [0.2, 0.25) is 112 Å². The number of carboxylic acid groups (broad SMARTS) is 3. The number of aliphatic hydroxyl groups excluding tert-OH is 5. The van der Waals surface area contributed by atoms with Crippen LogP contribution in [0.15, 0.2) is 54.6 Å². The average Bonchev–Trinajstić information content (AvgIpc) is 0.848. The van der Waals surface area contributed by atoms with Crippen molar-refractivity contribution in [2.24, 2.45) is 34.8 Å². The molecule has 0 aliphatic heterocycles. The van der Waals surface area contributed by atoms with Crippen LogP contribution >= 0.6 is 25.3 Å². The fraction of sp³-hybridized carbons (Fsp3) is 0.561. The molecular weight excluding hydrogens is 1910 g/mol. The minimum atomic E-state index is -2.17. The quantitative estimate of drug-likeness (QED) is 0.0127. The highest BCUT2D eigenvalue weighted by Gasteiger charge is 2.40. The van der Waals surface area contributed by atoms with Crippen LogP contribution in [0.3, 0.4) is 0 Å². The van der Waals surface area contributed by atoms with Gasteiger partial charge in [0.15, 0.2) is 11.9 Å². The third-order valence-electron chi connectivity index (χ3n) is 20.1. The van der Waals surface area contributed by atoms with Crippen LogP contribution in [0.4, 0.5) is 0 Å². The fourth-order valence-electron chi connectivity index (χ4n) is 12.5. The molecule has 2 aromatic rings. The van der Waals surface area contributed by atoms with E-state index in [1.54, 1.807) is 19.9 Å². The van der Waals surface area contributed by atoms with E-state index in [0.717, 1.165) is 0 Å². The highest BCUT2D eigenvalue weighted by atomic mass is 32.1. The molecule has 784 valence electrons. The van der Waals surface area contributed by atoms with Crippen LogP contribution in [0.1, 0.15) is 103 Å². The normalized spacial score (nSPS) is 14.3. The molecule has 0 aromatic heterocycles. The molecule has 0 radical (unpaired) electrons. The van der Waals surface area contributed by atoms with E-state index in [1.807, 2.05) is 16.0 Å². The van der Waals surface area contributed by atoms with Gasteiger partial charge in [0.1, 0.15) is 96.4 Å². The molecule has 141 heavy (non-hydrogen) atoms. The molecule has 57 nitrogen and oxygen atoms in total. The Hall–Kier alpha value is -14.4. The maximum Gasteiger partial charge on any atom is 0.326 e. The second kappa shape index (κ2) is 64.7. The van der Waals surface area contributed by atoms with Crippen LogP contribution < -0.4 is 129 Å². The number of aliphatic carboxylic acids is 3. The Morgan fingerprint density at radius 3 is 0.993 bits per heavy atom. The summed E-state index contributed by atoms with van der Waals surface area (Å²) in [6.45, 7) is -2.56. The van der Waals surface area contributed by atoms with E-state index in [2.05, 4.69) is 116 Å². The summed E-state index contributed by atoms with van der Waals surface area (Å²) in [6.07, 6.45) is -6.21. The van der Waals surface area contributed by atoms with Gasteiger partial charge in [0, 0.05) is 50.3 Å². The van der Waals surface area contributed by atoms with Crippen molar-refractivity contribution in [2.45, 2.75) is 201 Å². The molecule has 0 heterocycles. The first-order valence-corrected chi connectivity index (χ1v) is 45.0. The zero-order valence-corrected chi connectivity index (χ0v) is 79.1. The Bertz CT molecular complexity index is 4650. The number of carboxylic acids is 3. The zero-order chi connectivity index (χ0) is 106. The molecular formula is C82H128N26O31S2. The van der Waals surface area contributed by atoms with Crippen LogP contribution in [0.25, 0.3) is 0 Å². The van der Waals surface area contributed by atoms with Gasteiger partial charge in [0.05, 0.1) is 65.1 Å². The Morgan fingerprint density at radius 1 is 0.340 bits per heavy atom. The lowest BCUT2D eigenvalue weighted by molar-refractivity contribution is -0.143. The van der Waals surface area contributed by atoms with Crippen molar-refractivity contribution < 1.29 is 151 Å². The van der Waals surface area contributed by atoms with E-state index in [-0.39, 0.29) is 73.3 Å². The topological polar surface area (TPSA) is 950 Å². The van der Waals surface area contributed by atoms with Gasteiger partial charge >= 0.3 is 17.9 Å². The minimum absolute atomic E-state index is 0.0170. The van der Waals surface area contributed by atoms with Gasteiger partial charge in [-0.15, -0.1) is 0 Å². The minimum Gasteiger partial charge on any atom is -0.508 e. The van der Waals surface area contributed by atoms with Gasteiger partial charge in [-0.2, -0.15) is 25.3 Å². The number of hydrogen-bond donors (Lipinski definition) is 37. The molecule has 0 saturated carbocycles. The third-order valence-corrected chi connectivity index (χ3v) is 20.8. The van der Waals surface area contributed by atoms with E-state index >= 15 is 0 Å².